The van der Waals surface area contributed by atoms with Crippen molar-refractivity contribution in [3.05, 3.63) is 47.5 Å². The van der Waals surface area contributed by atoms with Crippen LogP contribution in [0.2, 0.25) is 5.15 Å². The number of nitrogens with one attached hydrogen (secondary N) is 1. The minimum atomic E-state index is -0.392. The Morgan fingerprint density at radius 2 is 2.05 bits per heavy atom. The van der Waals surface area contributed by atoms with Gasteiger partial charge in [0.25, 0.3) is 5.91 Å². The second-order valence-electron chi connectivity index (χ2n) is 4.18. The van der Waals surface area contributed by atoms with E-state index in [1.807, 2.05) is 0 Å². The van der Waals surface area contributed by atoms with Gasteiger partial charge in [-0.05, 0) is 12.1 Å². The zero-order valence-electron chi connectivity index (χ0n) is 10.2. The largest absolute Gasteiger partial charge is 0.323 e. The maximum absolute atomic E-state index is 12.4. The molecule has 1 aliphatic heterocycles. The molecule has 3 rings (SSSR count). The van der Waals surface area contributed by atoms with Crippen LogP contribution in [-0.4, -0.2) is 28.3 Å². The lowest BCUT2D eigenvalue weighted by atomic mass is 10.2. The molecule has 0 radical (unpaired) electrons. The number of amides is 2. The minimum absolute atomic E-state index is 0.0554. The van der Waals surface area contributed by atoms with Crippen LogP contribution < -0.4 is 10.2 Å². The molecule has 2 amide bonds. The number of halogens is 1. The van der Waals surface area contributed by atoms with Gasteiger partial charge in [-0.2, -0.15) is 0 Å². The zero-order valence-corrected chi connectivity index (χ0v) is 11.0. The van der Waals surface area contributed by atoms with E-state index in [-0.39, 0.29) is 23.3 Å². The van der Waals surface area contributed by atoms with Crippen LogP contribution in [0.15, 0.2) is 36.7 Å². The first-order valence-electron chi connectivity index (χ1n) is 5.83. The molecule has 0 spiro atoms. The van der Waals surface area contributed by atoms with Crippen LogP contribution in [0.4, 0.5) is 11.4 Å². The van der Waals surface area contributed by atoms with Crippen molar-refractivity contribution in [3.8, 4) is 0 Å². The fraction of sp³-hybridized carbons (Fsp3) is 0.0769. The first-order chi connectivity index (χ1) is 9.65. The second kappa shape index (κ2) is 4.90. The van der Waals surface area contributed by atoms with Gasteiger partial charge in [0.1, 0.15) is 17.4 Å². The summed E-state index contributed by atoms with van der Waals surface area (Å²) in [6, 6.07) is 7.08. The van der Waals surface area contributed by atoms with Gasteiger partial charge in [0.05, 0.1) is 23.8 Å². The van der Waals surface area contributed by atoms with Crippen LogP contribution in [-0.2, 0) is 4.79 Å². The normalized spacial score (nSPS) is 13.7. The Labute approximate surface area is 119 Å². The third-order valence-corrected chi connectivity index (χ3v) is 3.05. The van der Waals surface area contributed by atoms with Crippen LogP contribution in [0.1, 0.15) is 10.5 Å². The highest BCUT2D eigenvalue weighted by Gasteiger charge is 2.28. The Balaban J connectivity index is 1.99. The summed E-state index contributed by atoms with van der Waals surface area (Å²) in [5, 5.41) is 2.92. The average Bonchev–Trinajstić information content (AvgIpc) is 2.46. The number of benzene rings is 1. The SMILES string of the molecule is O=C1CN(C(=O)c2cnc(Cl)cn2)c2ccccc2N1. The summed E-state index contributed by atoms with van der Waals surface area (Å²) in [6.07, 6.45) is 2.59. The molecule has 2 heterocycles. The Morgan fingerprint density at radius 1 is 1.25 bits per heavy atom. The minimum Gasteiger partial charge on any atom is -0.323 e. The van der Waals surface area contributed by atoms with E-state index in [2.05, 4.69) is 15.3 Å². The Bertz CT molecular complexity index is 687. The molecule has 1 aliphatic rings. The number of aromatic nitrogens is 2. The highest BCUT2D eigenvalue weighted by atomic mass is 35.5. The van der Waals surface area contributed by atoms with Crippen LogP contribution in [0, 0.1) is 0 Å². The van der Waals surface area contributed by atoms with Crippen molar-refractivity contribution in [1.82, 2.24) is 9.97 Å². The molecule has 0 unspecified atom stereocenters. The number of nitrogens with zero attached hydrogens (tertiary/aromatic N) is 3. The van der Waals surface area contributed by atoms with Crippen molar-refractivity contribution in [2.45, 2.75) is 0 Å². The maximum atomic E-state index is 12.4. The molecule has 0 fully saturated rings. The lowest BCUT2D eigenvalue weighted by Crippen LogP contribution is -2.42. The molecule has 0 bridgehead atoms. The lowest BCUT2D eigenvalue weighted by molar-refractivity contribution is -0.115. The third-order valence-electron chi connectivity index (χ3n) is 2.86. The van der Waals surface area contributed by atoms with E-state index in [0.717, 1.165) is 0 Å². The number of hydrogen-bond donors (Lipinski definition) is 1. The molecule has 6 nitrogen and oxygen atoms in total. The summed E-state index contributed by atoms with van der Waals surface area (Å²) in [6.45, 7) is -0.0554. The molecule has 20 heavy (non-hydrogen) atoms. The molecule has 0 saturated carbocycles. The third kappa shape index (κ3) is 2.21. The number of fused-ring (bicyclic) bond motifs is 1. The summed E-state index contributed by atoms with van der Waals surface area (Å²) in [4.78, 5) is 33.2. The van der Waals surface area contributed by atoms with Crippen LogP contribution >= 0.6 is 11.6 Å². The van der Waals surface area contributed by atoms with E-state index in [0.29, 0.717) is 11.4 Å². The molecule has 0 atom stereocenters. The zero-order chi connectivity index (χ0) is 14.1. The van der Waals surface area contributed by atoms with E-state index in [4.69, 9.17) is 11.6 Å². The second-order valence-corrected chi connectivity index (χ2v) is 4.57. The maximum Gasteiger partial charge on any atom is 0.279 e. The predicted octanol–water partition coefficient (Wildman–Crippen LogP) is 1.73. The van der Waals surface area contributed by atoms with Crippen LogP contribution in [0.25, 0.3) is 0 Å². The van der Waals surface area contributed by atoms with Gasteiger partial charge in [0.15, 0.2) is 0 Å². The molecule has 0 aliphatic carbocycles. The van der Waals surface area contributed by atoms with Gasteiger partial charge in [-0.1, -0.05) is 23.7 Å². The van der Waals surface area contributed by atoms with Crippen molar-refractivity contribution < 1.29 is 9.59 Å². The Morgan fingerprint density at radius 3 is 2.80 bits per heavy atom. The molecule has 1 N–H and O–H groups in total. The van der Waals surface area contributed by atoms with Crippen molar-refractivity contribution in [3.63, 3.8) is 0 Å². The molecule has 1 aromatic heterocycles. The standard InChI is InChI=1S/C13H9ClN4O2/c14-11-6-15-9(5-16-11)13(20)18-7-12(19)17-8-3-1-2-4-10(8)18/h1-6H,7H2,(H,17,19). The quantitative estimate of drug-likeness (QED) is 0.867. The first-order valence-corrected chi connectivity index (χ1v) is 6.21. The lowest BCUT2D eigenvalue weighted by Gasteiger charge is -2.28. The first kappa shape index (κ1) is 12.6. The fourth-order valence-corrected chi connectivity index (χ4v) is 2.07. The number of hydrogen-bond acceptors (Lipinski definition) is 4. The van der Waals surface area contributed by atoms with E-state index in [1.54, 1.807) is 24.3 Å². The van der Waals surface area contributed by atoms with Gasteiger partial charge in [-0.15, -0.1) is 0 Å². The predicted molar refractivity (Wildman–Crippen MR) is 73.8 cm³/mol. The molecular weight excluding hydrogens is 280 g/mol. The Hall–Kier alpha value is -2.47. The molecular formula is C13H9ClN4O2. The van der Waals surface area contributed by atoms with E-state index in [9.17, 15) is 9.59 Å². The van der Waals surface area contributed by atoms with Crippen molar-refractivity contribution in [2.75, 3.05) is 16.8 Å². The van der Waals surface area contributed by atoms with E-state index >= 15 is 0 Å². The van der Waals surface area contributed by atoms with Crippen molar-refractivity contribution in [2.24, 2.45) is 0 Å². The van der Waals surface area contributed by atoms with E-state index in [1.165, 1.54) is 17.3 Å². The summed E-state index contributed by atoms with van der Waals surface area (Å²) >= 11 is 5.64. The number of rotatable bonds is 1. The Kier molecular flexibility index (Phi) is 3.08. The van der Waals surface area contributed by atoms with Crippen LogP contribution in [0.3, 0.4) is 0 Å². The molecule has 2 aromatic rings. The van der Waals surface area contributed by atoms with Gasteiger partial charge in [0.2, 0.25) is 5.91 Å². The molecule has 0 saturated heterocycles. The van der Waals surface area contributed by atoms with Gasteiger partial charge < -0.3 is 5.32 Å². The summed E-state index contributed by atoms with van der Waals surface area (Å²) in [7, 11) is 0. The molecule has 7 heteroatoms. The summed E-state index contributed by atoms with van der Waals surface area (Å²) < 4.78 is 0. The van der Waals surface area contributed by atoms with Crippen molar-refractivity contribution >= 4 is 34.8 Å². The average molecular weight is 289 g/mol. The van der Waals surface area contributed by atoms with E-state index < -0.39 is 5.91 Å². The summed E-state index contributed by atoms with van der Waals surface area (Å²) in [5.41, 5.74) is 1.37. The number of anilines is 2. The number of carbonyl (C=O) groups is 2. The molecule has 1 aromatic carbocycles. The monoisotopic (exact) mass is 288 g/mol. The molecule has 100 valence electrons. The van der Waals surface area contributed by atoms with Gasteiger partial charge >= 0.3 is 0 Å². The smallest absolute Gasteiger partial charge is 0.279 e. The summed E-state index contributed by atoms with van der Waals surface area (Å²) in [5.74, 6) is -0.643. The number of para-hydroxylation sites is 2. The van der Waals surface area contributed by atoms with Gasteiger partial charge in [-0.3, -0.25) is 14.5 Å². The van der Waals surface area contributed by atoms with Crippen LogP contribution in [0.5, 0.6) is 0 Å². The van der Waals surface area contributed by atoms with Crippen molar-refractivity contribution in [1.29, 1.82) is 0 Å². The highest BCUT2D eigenvalue weighted by molar-refractivity contribution is 6.29. The van der Waals surface area contributed by atoms with Gasteiger partial charge in [0, 0.05) is 0 Å². The highest BCUT2D eigenvalue weighted by Crippen LogP contribution is 2.29. The fourth-order valence-electron chi connectivity index (χ4n) is 1.98. The topological polar surface area (TPSA) is 75.2 Å². The number of carbonyl (C=O) groups excluding carboxylic acids is 2. The van der Waals surface area contributed by atoms with Gasteiger partial charge in [-0.25, -0.2) is 9.97 Å².